The van der Waals surface area contributed by atoms with Gasteiger partial charge in [-0.1, -0.05) is 6.07 Å². The lowest BCUT2D eigenvalue weighted by Crippen LogP contribution is -2.48. The molecule has 2 saturated heterocycles. The zero-order valence-electron chi connectivity index (χ0n) is 21.6. The predicted molar refractivity (Wildman–Crippen MR) is 141 cm³/mol. The molecule has 2 aromatic rings. The number of hydrogen-bond donors (Lipinski definition) is 2. The maximum atomic E-state index is 12.9. The van der Waals surface area contributed by atoms with Crippen molar-refractivity contribution >= 4 is 35.5 Å². The second-order valence-electron chi connectivity index (χ2n) is 9.47. The molecule has 0 bridgehead atoms. The molecule has 1 atom stereocenters. The van der Waals surface area contributed by atoms with Crippen LogP contribution in [0, 0.1) is 11.3 Å². The molecule has 0 saturated carbocycles. The van der Waals surface area contributed by atoms with Crippen LogP contribution in [0.1, 0.15) is 40.9 Å². The number of anilines is 3. The third-order valence-electron chi connectivity index (χ3n) is 6.68. The number of nitriles is 1. The monoisotopic (exact) mass is 520 g/mol. The van der Waals surface area contributed by atoms with Gasteiger partial charge in [0.15, 0.2) is 6.29 Å². The molecule has 38 heavy (non-hydrogen) atoms. The van der Waals surface area contributed by atoms with Crippen LogP contribution >= 0.6 is 0 Å². The minimum Gasteiger partial charge on any atom is -0.381 e. The van der Waals surface area contributed by atoms with Crippen LogP contribution in [0.25, 0.3) is 0 Å². The summed E-state index contributed by atoms with van der Waals surface area (Å²) in [5.74, 6) is 0.513. The largest absolute Gasteiger partial charge is 0.381 e. The number of aromatic nitrogens is 2. The Kier molecular flexibility index (Phi) is 8.83. The number of carbonyl (C=O) groups is 3. The molecule has 2 fully saturated rings. The van der Waals surface area contributed by atoms with Crippen molar-refractivity contribution in [3.05, 3.63) is 41.2 Å². The van der Waals surface area contributed by atoms with E-state index >= 15 is 0 Å². The predicted octanol–water partition coefficient (Wildman–Crippen LogP) is 2.08. The number of amides is 3. The van der Waals surface area contributed by atoms with Crippen LogP contribution < -0.4 is 15.5 Å². The van der Waals surface area contributed by atoms with Gasteiger partial charge >= 0.3 is 6.03 Å². The Morgan fingerprint density at radius 2 is 2.18 bits per heavy atom. The van der Waals surface area contributed by atoms with Gasteiger partial charge in [-0.05, 0) is 32.4 Å². The third-order valence-corrected chi connectivity index (χ3v) is 6.68. The SMILES string of the molecule is CN1CCN(Cc2ccc(N(C)C(=O)Nc3cc(NCC4CCCCO4)c(C#N)cn3)nc2C=O)C(=O)C1. The van der Waals surface area contributed by atoms with Gasteiger partial charge in [0.25, 0.3) is 0 Å². The summed E-state index contributed by atoms with van der Waals surface area (Å²) in [6.45, 7) is 3.22. The topological polar surface area (TPSA) is 144 Å². The van der Waals surface area contributed by atoms with Crippen LogP contribution in [0.2, 0.25) is 0 Å². The molecule has 1 unspecified atom stereocenters. The lowest BCUT2D eigenvalue weighted by atomic mass is 10.1. The molecule has 2 N–H and O–H groups in total. The summed E-state index contributed by atoms with van der Waals surface area (Å²) in [4.78, 5) is 50.4. The number of carbonyl (C=O) groups excluding carboxylic acids is 3. The van der Waals surface area contributed by atoms with E-state index in [1.54, 1.807) is 23.1 Å². The van der Waals surface area contributed by atoms with E-state index < -0.39 is 6.03 Å². The van der Waals surface area contributed by atoms with Crippen LogP contribution in [-0.4, -0.2) is 91.0 Å². The minimum atomic E-state index is -0.518. The summed E-state index contributed by atoms with van der Waals surface area (Å²) in [5.41, 5.74) is 1.70. The van der Waals surface area contributed by atoms with Crippen molar-refractivity contribution < 1.29 is 19.1 Å². The van der Waals surface area contributed by atoms with Gasteiger partial charge in [0, 0.05) is 57.7 Å². The zero-order chi connectivity index (χ0) is 27.1. The van der Waals surface area contributed by atoms with Crippen LogP contribution in [0.5, 0.6) is 0 Å². The summed E-state index contributed by atoms with van der Waals surface area (Å²) < 4.78 is 5.74. The molecule has 0 spiro atoms. The van der Waals surface area contributed by atoms with Gasteiger partial charge in [-0.3, -0.25) is 24.7 Å². The highest BCUT2D eigenvalue weighted by Crippen LogP contribution is 2.21. The Morgan fingerprint density at radius 3 is 2.89 bits per heavy atom. The molecule has 2 aliphatic rings. The molecular formula is C26H32N8O4. The molecule has 12 nitrogen and oxygen atoms in total. The van der Waals surface area contributed by atoms with Gasteiger partial charge in [-0.25, -0.2) is 14.8 Å². The number of piperazine rings is 1. The van der Waals surface area contributed by atoms with Crippen molar-refractivity contribution in [3.63, 3.8) is 0 Å². The first-order valence-corrected chi connectivity index (χ1v) is 12.6. The zero-order valence-corrected chi connectivity index (χ0v) is 21.6. The molecule has 0 radical (unpaired) electrons. The molecular weight excluding hydrogens is 488 g/mol. The maximum Gasteiger partial charge on any atom is 0.328 e. The van der Waals surface area contributed by atoms with Crippen molar-refractivity contribution in [2.45, 2.75) is 31.9 Å². The average Bonchev–Trinajstić information content (AvgIpc) is 2.93. The number of nitrogens with one attached hydrogen (secondary N) is 2. The van der Waals surface area contributed by atoms with Crippen molar-refractivity contribution in [3.8, 4) is 6.07 Å². The summed E-state index contributed by atoms with van der Waals surface area (Å²) in [7, 11) is 3.42. The smallest absolute Gasteiger partial charge is 0.328 e. The molecule has 2 aromatic heterocycles. The fourth-order valence-electron chi connectivity index (χ4n) is 4.36. The van der Waals surface area contributed by atoms with Gasteiger partial charge in [0.1, 0.15) is 23.4 Å². The van der Waals surface area contributed by atoms with Gasteiger partial charge in [-0.15, -0.1) is 0 Å². The van der Waals surface area contributed by atoms with E-state index in [1.807, 2.05) is 11.9 Å². The Morgan fingerprint density at radius 1 is 1.34 bits per heavy atom. The molecule has 12 heteroatoms. The van der Waals surface area contributed by atoms with Crippen LogP contribution in [0.15, 0.2) is 24.4 Å². The standard InChI is InChI=1S/C26H32N8O4/c1-32-8-9-34(25(36)16-32)15-18-6-7-24(30-22(18)17-35)33(2)26(37)31-23-11-21(19(12-27)13-29-23)28-14-20-5-3-4-10-38-20/h6-7,11,13,17,20H,3-5,8-10,14-16H2,1-2H3,(H2,28,29,31,37). The number of pyridine rings is 2. The number of rotatable bonds is 8. The van der Waals surface area contributed by atoms with E-state index in [4.69, 9.17) is 4.74 Å². The van der Waals surface area contributed by atoms with E-state index in [0.29, 0.717) is 42.7 Å². The summed E-state index contributed by atoms with van der Waals surface area (Å²) in [6, 6.07) is 6.53. The van der Waals surface area contributed by atoms with E-state index in [9.17, 15) is 19.6 Å². The second kappa shape index (κ2) is 12.4. The van der Waals surface area contributed by atoms with Crippen molar-refractivity contribution in [1.82, 2.24) is 19.8 Å². The van der Waals surface area contributed by atoms with Crippen LogP contribution in [0.4, 0.5) is 22.1 Å². The van der Waals surface area contributed by atoms with Crippen LogP contribution in [-0.2, 0) is 16.1 Å². The molecule has 0 aromatic carbocycles. The molecule has 0 aliphatic carbocycles. The van der Waals surface area contributed by atoms with E-state index in [1.165, 1.54) is 18.1 Å². The highest BCUT2D eigenvalue weighted by atomic mass is 16.5. The number of likely N-dealkylation sites (N-methyl/N-ethyl adjacent to an activating group) is 1. The lowest BCUT2D eigenvalue weighted by molar-refractivity contribution is -0.136. The number of ether oxygens (including phenoxy) is 1. The van der Waals surface area contributed by atoms with Gasteiger partial charge in [0.2, 0.25) is 5.91 Å². The first-order valence-electron chi connectivity index (χ1n) is 12.6. The normalized spacial score (nSPS) is 18.0. The summed E-state index contributed by atoms with van der Waals surface area (Å²) in [5, 5.41) is 15.4. The fourth-order valence-corrected chi connectivity index (χ4v) is 4.36. The highest BCUT2D eigenvalue weighted by molar-refractivity contribution is 6.00. The minimum absolute atomic E-state index is 0.00814. The molecule has 4 heterocycles. The summed E-state index contributed by atoms with van der Waals surface area (Å²) >= 11 is 0. The Bertz CT molecular complexity index is 1220. The molecule has 4 rings (SSSR count). The summed E-state index contributed by atoms with van der Waals surface area (Å²) in [6.07, 6.45) is 5.21. The molecule has 200 valence electrons. The maximum absolute atomic E-state index is 12.9. The van der Waals surface area contributed by atoms with E-state index in [-0.39, 0.29) is 35.9 Å². The number of urea groups is 1. The third kappa shape index (κ3) is 6.62. The Hall–Kier alpha value is -4.08. The first kappa shape index (κ1) is 27.0. The first-order chi connectivity index (χ1) is 18.4. The van der Waals surface area contributed by atoms with Crippen molar-refractivity contribution in [2.75, 3.05) is 62.4 Å². The van der Waals surface area contributed by atoms with Crippen molar-refractivity contribution in [1.29, 1.82) is 5.26 Å². The quantitative estimate of drug-likeness (QED) is 0.500. The van der Waals surface area contributed by atoms with Gasteiger partial charge < -0.3 is 15.0 Å². The number of nitrogens with zero attached hydrogens (tertiary/aromatic N) is 6. The Labute approximate surface area is 221 Å². The lowest BCUT2D eigenvalue weighted by Gasteiger charge is -2.32. The average molecular weight is 521 g/mol. The number of hydrogen-bond acceptors (Lipinski definition) is 9. The molecule has 3 amide bonds. The second-order valence-corrected chi connectivity index (χ2v) is 9.47. The number of aldehydes is 1. The molecule has 2 aliphatic heterocycles. The fraction of sp³-hybridized carbons (Fsp3) is 0.462. The van der Waals surface area contributed by atoms with E-state index in [2.05, 4.69) is 26.7 Å². The van der Waals surface area contributed by atoms with Crippen LogP contribution in [0.3, 0.4) is 0 Å². The Balaban J connectivity index is 1.41. The van der Waals surface area contributed by atoms with Gasteiger partial charge in [-0.2, -0.15) is 5.26 Å². The highest BCUT2D eigenvalue weighted by Gasteiger charge is 2.23. The van der Waals surface area contributed by atoms with Gasteiger partial charge in [0.05, 0.1) is 23.9 Å². The van der Waals surface area contributed by atoms with E-state index in [0.717, 1.165) is 32.4 Å². The van der Waals surface area contributed by atoms with Crippen molar-refractivity contribution in [2.24, 2.45) is 0 Å².